The van der Waals surface area contributed by atoms with E-state index < -0.39 is 17.7 Å². The summed E-state index contributed by atoms with van der Waals surface area (Å²) in [4.78, 5) is 41.6. The number of ketones is 1. The van der Waals surface area contributed by atoms with Gasteiger partial charge in [-0.1, -0.05) is 24.3 Å². The number of thiazole rings is 1. The number of hydrogen-bond acceptors (Lipinski definition) is 6. The summed E-state index contributed by atoms with van der Waals surface area (Å²) in [6.07, 6.45) is 0. The molecule has 124 valence electrons. The number of hydrogen-bond donors (Lipinski definition) is 0. The minimum absolute atomic E-state index is 0.0375. The van der Waals surface area contributed by atoms with E-state index in [2.05, 4.69) is 4.98 Å². The molecule has 3 aromatic rings. The third-order valence-corrected chi connectivity index (χ3v) is 4.87. The van der Waals surface area contributed by atoms with Gasteiger partial charge in [-0.2, -0.15) is 0 Å². The zero-order chi connectivity index (χ0) is 17.4. The Morgan fingerprint density at radius 1 is 1.08 bits per heavy atom. The summed E-state index contributed by atoms with van der Waals surface area (Å²) in [5.74, 6) is -1.90. The van der Waals surface area contributed by atoms with E-state index >= 15 is 0 Å². The number of Topliss-reactive ketones (excluding diaryl/α,β-unsaturated/α-hetero) is 1. The maximum Gasteiger partial charge on any atom is 0.326 e. The van der Waals surface area contributed by atoms with Crippen LogP contribution in [0.15, 0.2) is 48.5 Å². The smallest absolute Gasteiger partial charge is 0.326 e. The second kappa shape index (κ2) is 6.10. The van der Waals surface area contributed by atoms with Crippen molar-refractivity contribution >= 4 is 44.9 Å². The first-order valence-electron chi connectivity index (χ1n) is 7.59. The fourth-order valence-electron chi connectivity index (χ4n) is 2.70. The second-order valence-corrected chi connectivity index (χ2v) is 6.59. The minimum atomic E-state index is -0.710. The fraction of sp³-hybridized carbons (Fsp3) is 0.111. The molecule has 0 aliphatic carbocycles. The number of para-hydroxylation sites is 2. The number of benzene rings is 2. The zero-order valence-corrected chi connectivity index (χ0v) is 13.8. The van der Waals surface area contributed by atoms with Crippen molar-refractivity contribution in [3.63, 3.8) is 0 Å². The standard InChI is InChI=1S/C18H12N2O4S/c21-16(24-10-15-19-12-6-2-4-8-14(12)25-15)9-20-13-7-3-1-5-11(13)17(22)18(20)23/h1-8H,9-10H2. The number of rotatable bonds is 4. The highest BCUT2D eigenvalue weighted by Crippen LogP contribution is 2.28. The number of carbonyl (C=O) groups is 3. The van der Waals surface area contributed by atoms with Gasteiger partial charge >= 0.3 is 5.97 Å². The average molecular weight is 352 g/mol. The Kier molecular flexibility index (Phi) is 3.77. The Morgan fingerprint density at radius 2 is 1.84 bits per heavy atom. The van der Waals surface area contributed by atoms with Crippen molar-refractivity contribution in [3.05, 3.63) is 59.1 Å². The zero-order valence-electron chi connectivity index (χ0n) is 13.0. The lowest BCUT2D eigenvalue weighted by Gasteiger charge is -2.15. The van der Waals surface area contributed by atoms with E-state index in [0.29, 0.717) is 16.3 Å². The van der Waals surface area contributed by atoms with Crippen molar-refractivity contribution in [2.24, 2.45) is 0 Å². The lowest BCUT2D eigenvalue weighted by Crippen LogP contribution is -2.35. The van der Waals surface area contributed by atoms with E-state index in [4.69, 9.17) is 4.74 Å². The predicted molar refractivity (Wildman–Crippen MR) is 92.5 cm³/mol. The van der Waals surface area contributed by atoms with Gasteiger partial charge in [0.15, 0.2) is 0 Å². The first kappa shape index (κ1) is 15.5. The highest BCUT2D eigenvalue weighted by Gasteiger charge is 2.36. The molecule has 0 N–H and O–H groups in total. The highest BCUT2D eigenvalue weighted by atomic mass is 32.1. The lowest BCUT2D eigenvalue weighted by atomic mass is 10.1. The quantitative estimate of drug-likeness (QED) is 0.533. The molecule has 1 aliphatic heterocycles. The molecule has 0 unspecified atom stereocenters. The number of carbonyl (C=O) groups excluding carboxylic acids is 3. The molecule has 0 saturated carbocycles. The predicted octanol–water partition coefficient (Wildman–Crippen LogP) is 2.57. The molecule has 7 heteroatoms. The number of anilines is 1. The molecule has 4 rings (SSSR count). The number of ether oxygens (including phenoxy) is 1. The molecule has 0 saturated heterocycles. The van der Waals surface area contributed by atoms with Crippen molar-refractivity contribution < 1.29 is 19.1 Å². The van der Waals surface area contributed by atoms with Crippen molar-refractivity contribution in [1.29, 1.82) is 0 Å². The molecule has 0 spiro atoms. The molecule has 2 heterocycles. The number of fused-ring (bicyclic) bond motifs is 2. The summed E-state index contributed by atoms with van der Waals surface area (Å²) in [7, 11) is 0. The van der Waals surface area contributed by atoms with Crippen LogP contribution < -0.4 is 4.90 Å². The minimum Gasteiger partial charge on any atom is -0.457 e. The van der Waals surface area contributed by atoms with Gasteiger partial charge in [0.1, 0.15) is 18.2 Å². The van der Waals surface area contributed by atoms with E-state index in [1.165, 1.54) is 11.3 Å². The molecule has 2 aromatic carbocycles. The Morgan fingerprint density at radius 3 is 2.68 bits per heavy atom. The van der Waals surface area contributed by atoms with E-state index in [-0.39, 0.29) is 13.2 Å². The van der Waals surface area contributed by atoms with Crippen molar-refractivity contribution in [1.82, 2.24) is 4.98 Å². The Labute approximate surface area is 146 Å². The molecule has 0 radical (unpaired) electrons. The summed E-state index contributed by atoms with van der Waals surface area (Å²) in [5.41, 5.74) is 1.61. The van der Waals surface area contributed by atoms with Crippen LogP contribution in [-0.2, 0) is 20.9 Å². The number of aromatic nitrogens is 1. The van der Waals surface area contributed by atoms with Gasteiger partial charge in [-0.05, 0) is 24.3 Å². The van der Waals surface area contributed by atoms with Crippen LogP contribution in [0.25, 0.3) is 10.2 Å². The summed E-state index contributed by atoms with van der Waals surface area (Å²) >= 11 is 1.45. The van der Waals surface area contributed by atoms with E-state index in [1.54, 1.807) is 24.3 Å². The Hall–Kier alpha value is -3.06. The summed E-state index contributed by atoms with van der Waals surface area (Å²) in [6, 6.07) is 14.3. The van der Waals surface area contributed by atoms with Crippen LogP contribution in [0.4, 0.5) is 5.69 Å². The van der Waals surface area contributed by atoms with Crippen LogP contribution >= 0.6 is 11.3 Å². The maximum atomic E-state index is 12.1. The number of esters is 1. The molecule has 1 aliphatic rings. The third-order valence-electron chi connectivity index (χ3n) is 3.86. The van der Waals surface area contributed by atoms with E-state index in [1.807, 2.05) is 24.3 Å². The highest BCUT2D eigenvalue weighted by molar-refractivity contribution is 7.18. The van der Waals surface area contributed by atoms with Crippen LogP contribution in [0.2, 0.25) is 0 Å². The normalized spacial score (nSPS) is 13.4. The molecule has 0 bridgehead atoms. The van der Waals surface area contributed by atoms with Crippen LogP contribution in [0.3, 0.4) is 0 Å². The van der Waals surface area contributed by atoms with Crippen LogP contribution in [-0.4, -0.2) is 29.2 Å². The van der Waals surface area contributed by atoms with Gasteiger partial charge in [0.05, 0.1) is 21.5 Å². The van der Waals surface area contributed by atoms with Crippen LogP contribution in [0.5, 0.6) is 0 Å². The molecular weight excluding hydrogens is 340 g/mol. The van der Waals surface area contributed by atoms with E-state index in [0.717, 1.165) is 15.1 Å². The first-order chi connectivity index (χ1) is 12.1. The Balaban J connectivity index is 1.44. The van der Waals surface area contributed by atoms with Gasteiger partial charge in [-0.3, -0.25) is 19.3 Å². The van der Waals surface area contributed by atoms with Crippen molar-refractivity contribution in [2.45, 2.75) is 6.61 Å². The maximum absolute atomic E-state index is 12.1. The van der Waals surface area contributed by atoms with Gasteiger partial charge in [-0.15, -0.1) is 11.3 Å². The lowest BCUT2D eigenvalue weighted by molar-refractivity contribution is -0.143. The van der Waals surface area contributed by atoms with E-state index in [9.17, 15) is 14.4 Å². The second-order valence-electron chi connectivity index (χ2n) is 5.47. The van der Waals surface area contributed by atoms with Crippen molar-refractivity contribution in [3.8, 4) is 0 Å². The van der Waals surface area contributed by atoms with Gasteiger partial charge in [0, 0.05) is 0 Å². The fourth-order valence-corrected chi connectivity index (χ4v) is 3.58. The van der Waals surface area contributed by atoms with Crippen LogP contribution in [0, 0.1) is 0 Å². The van der Waals surface area contributed by atoms with Crippen LogP contribution in [0.1, 0.15) is 15.4 Å². The number of amides is 1. The molecule has 25 heavy (non-hydrogen) atoms. The van der Waals surface area contributed by atoms with Gasteiger partial charge in [-0.25, -0.2) is 4.98 Å². The summed E-state index contributed by atoms with van der Waals surface area (Å²) < 4.78 is 6.24. The Bertz CT molecular complexity index is 978. The summed E-state index contributed by atoms with van der Waals surface area (Å²) in [6.45, 7) is -0.262. The SMILES string of the molecule is O=C(CN1C(=O)C(=O)c2ccccc21)OCc1nc2ccccc2s1. The molecule has 0 atom stereocenters. The molecule has 6 nitrogen and oxygen atoms in total. The molecule has 1 aromatic heterocycles. The third kappa shape index (κ3) is 2.78. The average Bonchev–Trinajstić information content (AvgIpc) is 3.15. The topological polar surface area (TPSA) is 76.6 Å². The van der Waals surface area contributed by atoms with Crippen molar-refractivity contribution in [2.75, 3.05) is 11.4 Å². The van der Waals surface area contributed by atoms with Gasteiger partial charge in [0.2, 0.25) is 0 Å². The largest absolute Gasteiger partial charge is 0.457 e. The molecule has 1 amide bonds. The summed E-state index contributed by atoms with van der Waals surface area (Å²) in [5, 5.41) is 0.679. The molecular formula is C18H12N2O4S. The number of nitrogens with zero attached hydrogens (tertiary/aromatic N) is 2. The van der Waals surface area contributed by atoms with Gasteiger partial charge < -0.3 is 4.74 Å². The van der Waals surface area contributed by atoms with Gasteiger partial charge in [0.25, 0.3) is 11.7 Å². The molecule has 0 fully saturated rings. The monoisotopic (exact) mass is 352 g/mol. The first-order valence-corrected chi connectivity index (χ1v) is 8.40.